The average Bonchev–Trinajstić information content (AvgIpc) is 3.54. The fourth-order valence-corrected chi connectivity index (χ4v) is 5.43. The number of benzene rings is 7. The van der Waals surface area contributed by atoms with Gasteiger partial charge in [0, 0.05) is 10.8 Å². The molecule has 182 valence electrons. The Hall–Kier alpha value is -5.14. The van der Waals surface area contributed by atoms with Gasteiger partial charge in [-0.05, 0) is 73.1 Å². The highest BCUT2D eigenvalue weighted by atomic mass is 16.3. The van der Waals surface area contributed by atoms with Crippen molar-refractivity contribution in [3.05, 3.63) is 145 Å². The molecule has 0 fully saturated rings. The molecule has 1 heteroatoms. The SMILES string of the molecule is [2H]c1ccc(-c2c3ccccc3c(-c3c([2H])c(-c4c([2H])c([2H])c([2H])c([2H])c4[2H])c([2H])c4oc5c([2H])c([2H])c([2H])c([2H])c5c34)c3ccccc23)cc1. The van der Waals surface area contributed by atoms with Gasteiger partial charge in [0.25, 0.3) is 0 Å². The summed E-state index contributed by atoms with van der Waals surface area (Å²) in [5, 5.41) is 2.87. The molecule has 0 N–H and O–H groups in total. The molecule has 0 spiro atoms. The maximum absolute atomic E-state index is 9.85. The molecule has 1 nitrogen and oxygen atoms in total. The summed E-state index contributed by atoms with van der Waals surface area (Å²) in [6.07, 6.45) is 0. The monoisotopic (exact) mass is 508 g/mol. The summed E-state index contributed by atoms with van der Waals surface area (Å²) in [7, 11) is 0. The van der Waals surface area contributed by atoms with Gasteiger partial charge in [0.15, 0.2) is 0 Å². The fraction of sp³-hybridized carbons (Fsp3) is 0. The van der Waals surface area contributed by atoms with E-state index in [4.69, 9.17) is 18.1 Å². The van der Waals surface area contributed by atoms with Gasteiger partial charge in [0.2, 0.25) is 0 Å². The van der Waals surface area contributed by atoms with Crippen molar-refractivity contribution in [2.45, 2.75) is 0 Å². The molecule has 0 saturated carbocycles. The highest BCUT2D eigenvalue weighted by Gasteiger charge is 2.21. The van der Waals surface area contributed by atoms with Gasteiger partial charge >= 0.3 is 0 Å². The van der Waals surface area contributed by atoms with E-state index in [0.29, 0.717) is 22.4 Å². The van der Waals surface area contributed by atoms with Crippen molar-refractivity contribution in [2.75, 3.05) is 0 Å². The number of fused-ring (bicyclic) bond motifs is 5. The Kier molecular flexibility index (Phi) is 2.92. The molecular weight excluding hydrogens is 472 g/mol. The van der Waals surface area contributed by atoms with Gasteiger partial charge in [-0.15, -0.1) is 0 Å². The van der Waals surface area contributed by atoms with E-state index in [-0.39, 0.29) is 44.7 Å². The molecule has 0 saturated heterocycles. The second kappa shape index (κ2) is 8.72. The van der Waals surface area contributed by atoms with Crippen molar-refractivity contribution in [3.63, 3.8) is 0 Å². The molecule has 0 unspecified atom stereocenters. The molecule has 8 rings (SSSR count). The van der Waals surface area contributed by atoms with Gasteiger partial charge in [-0.25, -0.2) is 0 Å². The lowest BCUT2D eigenvalue weighted by Crippen LogP contribution is -1.92. The van der Waals surface area contributed by atoms with E-state index in [1.165, 1.54) is 0 Å². The number of hydrogen-bond acceptors (Lipinski definition) is 1. The third-order valence-electron chi connectivity index (χ3n) is 7.01. The van der Waals surface area contributed by atoms with Gasteiger partial charge in [-0.3, -0.25) is 0 Å². The van der Waals surface area contributed by atoms with Gasteiger partial charge in [0.05, 0.1) is 16.4 Å². The summed E-state index contributed by atoms with van der Waals surface area (Å²) in [6, 6.07) is 16.4. The lowest BCUT2D eigenvalue weighted by atomic mass is 9.84. The van der Waals surface area contributed by atoms with Gasteiger partial charge in [-0.2, -0.15) is 0 Å². The zero-order valence-corrected chi connectivity index (χ0v) is 20.3. The summed E-state index contributed by atoms with van der Waals surface area (Å²) in [4.78, 5) is 0. The highest BCUT2D eigenvalue weighted by molar-refractivity contribution is 6.26. The predicted octanol–water partition coefficient (Wildman–Crippen LogP) is 10.9. The van der Waals surface area contributed by atoms with Gasteiger partial charge in [0.1, 0.15) is 11.2 Å². The maximum Gasteiger partial charge on any atom is 0.136 e. The van der Waals surface area contributed by atoms with Crippen LogP contribution >= 0.6 is 0 Å². The van der Waals surface area contributed by atoms with E-state index in [1.807, 2.05) is 60.7 Å². The third kappa shape index (κ3) is 3.41. The van der Waals surface area contributed by atoms with E-state index >= 15 is 0 Å². The Morgan fingerprint density at radius 2 is 1.05 bits per heavy atom. The highest BCUT2D eigenvalue weighted by Crippen LogP contribution is 2.47. The first-order chi connectivity index (χ1) is 24.3. The molecule has 8 aromatic rings. The second-order valence-electron chi connectivity index (χ2n) is 9.14. The molecule has 0 bridgehead atoms. The van der Waals surface area contributed by atoms with Gasteiger partial charge in [-0.1, -0.05) is 127 Å². The zero-order valence-electron chi connectivity index (χ0n) is 32.3. The van der Waals surface area contributed by atoms with Crippen molar-refractivity contribution in [1.82, 2.24) is 0 Å². The zero-order chi connectivity index (χ0) is 36.2. The molecule has 0 atom stereocenters. The molecule has 0 radical (unpaired) electrons. The van der Waals surface area contributed by atoms with Crippen LogP contribution in [0.2, 0.25) is 0 Å². The van der Waals surface area contributed by atoms with Crippen LogP contribution in [0.3, 0.4) is 0 Å². The minimum atomic E-state index is -0.644. The van der Waals surface area contributed by atoms with Crippen molar-refractivity contribution in [2.24, 2.45) is 0 Å². The predicted molar refractivity (Wildman–Crippen MR) is 165 cm³/mol. The summed E-state index contributed by atoms with van der Waals surface area (Å²) in [6.45, 7) is 0. The molecule has 0 amide bonds. The van der Waals surface area contributed by atoms with E-state index in [1.54, 1.807) is 12.1 Å². The smallest absolute Gasteiger partial charge is 0.136 e. The lowest BCUT2D eigenvalue weighted by Gasteiger charge is -2.19. The second-order valence-corrected chi connectivity index (χ2v) is 9.14. The van der Waals surface area contributed by atoms with Crippen LogP contribution in [0, 0.1) is 0 Å². The summed E-state index contributed by atoms with van der Waals surface area (Å²) in [5.74, 6) is 0. The van der Waals surface area contributed by atoms with Crippen LogP contribution in [0.1, 0.15) is 16.4 Å². The van der Waals surface area contributed by atoms with Crippen molar-refractivity contribution < 1.29 is 20.9 Å². The molecule has 0 aliphatic rings. The Morgan fingerprint density at radius 1 is 0.436 bits per heavy atom. The van der Waals surface area contributed by atoms with E-state index < -0.39 is 60.4 Å². The Bertz CT molecular complexity index is 2740. The first-order valence-corrected chi connectivity index (χ1v) is 12.4. The molecular formula is C38H24O. The minimum absolute atomic E-state index is 0.0381. The Morgan fingerprint density at radius 3 is 1.74 bits per heavy atom. The van der Waals surface area contributed by atoms with E-state index in [0.717, 1.165) is 21.9 Å². The molecule has 0 aliphatic carbocycles. The fourth-order valence-electron chi connectivity index (χ4n) is 5.43. The maximum atomic E-state index is 9.85. The van der Waals surface area contributed by atoms with Crippen molar-refractivity contribution in [3.8, 4) is 33.4 Å². The van der Waals surface area contributed by atoms with Crippen LogP contribution in [0.4, 0.5) is 0 Å². The topological polar surface area (TPSA) is 13.1 Å². The largest absolute Gasteiger partial charge is 0.456 e. The number of hydrogen-bond donors (Lipinski definition) is 0. The van der Waals surface area contributed by atoms with Crippen LogP contribution in [-0.4, -0.2) is 0 Å². The summed E-state index contributed by atoms with van der Waals surface area (Å²) in [5.41, 5.74) is 1.16. The Balaban J connectivity index is 1.68. The van der Waals surface area contributed by atoms with Crippen LogP contribution in [0.15, 0.2) is 150 Å². The molecule has 1 heterocycles. The van der Waals surface area contributed by atoms with Crippen molar-refractivity contribution in [1.29, 1.82) is 0 Å². The average molecular weight is 509 g/mol. The quantitative estimate of drug-likeness (QED) is 0.216. The van der Waals surface area contributed by atoms with Crippen LogP contribution < -0.4 is 0 Å². The standard InChI is InChI=1S/C38H24O/c1-3-13-25(14-4-1)27-23-33(38-32-21-11-12-22-34(32)39-35(38)24-27)37-30-19-9-7-17-28(30)36(26-15-5-2-6-16-26)29-18-8-10-20-31(29)37/h1-24H/i1D,2D,3D,4D,11D,12D,13D,14D,21D,22D,23D,24D. The number of furan rings is 1. The van der Waals surface area contributed by atoms with E-state index in [2.05, 4.69) is 0 Å². The first-order valence-electron chi connectivity index (χ1n) is 18.4. The lowest BCUT2D eigenvalue weighted by molar-refractivity contribution is 0.669. The minimum Gasteiger partial charge on any atom is -0.456 e. The van der Waals surface area contributed by atoms with Crippen LogP contribution in [-0.2, 0) is 0 Å². The van der Waals surface area contributed by atoms with E-state index in [9.17, 15) is 2.74 Å². The molecule has 0 aliphatic heterocycles. The first kappa shape index (κ1) is 13.1. The van der Waals surface area contributed by atoms with Gasteiger partial charge < -0.3 is 4.42 Å². The Labute approximate surface area is 243 Å². The molecule has 1 aromatic heterocycles. The summed E-state index contributed by atoms with van der Waals surface area (Å²) >= 11 is 0. The van der Waals surface area contributed by atoms with Crippen molar-refractivity contribution >= 4 is 43.5 Å². The summed E-state index contributed by atoms with van der Waals surface area (Å²) < 4.78 is 110. The normalized spacial score (nSPS) is 15.9. The van der Waals surface area contributed by atoms with Crippen LogP contribution in [0.5, 0.6) is 0 Å². The van der Waals surface area contributed by atoms with Crippen LogP contribution in [0.25, 0.3) is 76.9 Å². The molecule has 7 aromatic carbocycles. The third-order valence-corrected chi connectivity index (χ3v) is 7.01. The molecule has 39 heavy (non-hydrogen) atoms. The number of para-hydroxylation sites is 1. The number of rotatable bonds is 3.